The van der Waals surface area contributed by atoms with Crippen molar-refractivity contribution >= 4 is 19.9 Å². The quantitative estimate of drug-likeness (QED) is 0.599. The number of rotatable bonds is 4. The van der Waals surface area contributed by atoms with Crippen LogP contribution >= 0.6 is 8.30 Å². The first-order chi connectivity index (χ1) is 8.24. The zero-order valence-corrected chi connectivity index (χ0v) is 11.2. The van der Waals surface area contributed by atoms with Crippen LogP contribution in [0.3, 0.4) is 0 Å². The van der Waals surface area contributed by atoms with E-state index in [1.807, 2.05) is 28.9 Å². The van der Waals surface area contributed by atoms with E-state index in [1.165, 1.54) is 12.8 Å². The van der Waals surface area contributed by atoms with Gasteiger partial charge in [0.25, 0.3) is 0 Å². The summed E-state index contributed by atoms with van der Waals surface area (Å²) in [6.07, 6.45) is 4.48. The Kier molecular flexibility index (Phi) is 4.01. The van der Waals surface area contributed by atoms with E-state index < -0.39 is 8.30 Å². The lowest BCUT2D eigenvalue weighted by molar-refractivity contribution is -0.115. The summed E-state index contributed by atoms with van der Waals surface area (Å²) in [6, 6.07) is 7.79. The molecular formula is C13H18NO2P. The Morgan fingerprint density at radius 2 is 2.12 bits per heavy atom. The number of hydrogen-bond donors (Lipinski definition) is 0. The average Bonchev–Trinajstić information content (AvgIpc) is 2.67. The zero-order valence-electron chi connectivity index (χ0n) is 10.3. The fourth-order valence-corrected chi connectivity index (χ4v) is 3.92. The summed E-state index contributed by atoms with van der Waals surface area (Å²) in [6.45, 7) is 3.79. The van der Waals surface area contributed by atoms with Gasteiger partial charge in [-0.1, -0.05) is 31.9 Å². The first kappa shape index (κ1) is 12.4. The number of benzene rings is 1. The third-order valence-electron chi connectivity index (χ3n) is 2.77. The molecule has 1 aromatic rings. The molecule has 1 aliphatic heterocycles. The summed E-state index contributed by atoms with van der Waals surface area (Å²) in [4.78, 5) is 11.7. The summed E-state index contributed by atoms with van der Waals surface area (Å²) in [5, 5.41) is 0. The Bertz CT molecular complexity index is 408. The van der Waals surface area contributed by atoms with Gasteiger partial charge < -0.3 is 4.52 Å². The Hall–Kier alpha value is -1.08. The largest absolute Gasteiger partial charge is 0.450 e. The molecule has 0 saturated heterocycles. The summed E-state index contributed by atoms with van der Waals surface area (Å²) < 4.78 is 7.73. The molecule has 4 heteroatoms. The number of anilines is 1. The molecule has 0 bridgehead atoms. The van der Waals surface area contributed by atoms with Crippen LogP contribution in [0.5, 0.6) is 5.75 Å². The number of hydrogen-bond acceptors (Lipinski definition) is 2. The Labute approximate surface area is 104 Å². The van der Waals surface area contributed by atoms with Crippen molar-refractivity contribution in [2.45, 2.75) is 33.1 Å². The highest BCUT2D eigenvalue weighted by molar-refractivity contribution is 7.56. The predicted octanol–water partition coefficient (Wildman–Crippen LogP) is 3.93. The lowest BCUT2D eigenvalue weighted by atomic mass is 10.3. The number of unbranched alkanes of at least 4 members (excludes halogenated alkanes) is 2. The maximum atomic E-state index is 11.7. The maximum Gasteiger partial charge on any atom is 0.229 e. The van der Waals surface area contributed by atoms with E-state index in [2.05, 4.69) is 6.92 Å². The number of carbonyl (C=O) groups excluding carboxylic acids is 1. The van der Waals surface area contributed by atoms with Crippen molar-refractivity contribution in [3.63, 3.8) is 0 Å². The third-order valence-corrected chi connectivity index (χ3v) is 4.82. The summed E-state index contributed by atoms with van der Waals surface area (Å²) in [7, 11) is -0.803. The third kappa shape index (κ3) is 2.61. The van der Waals surface area contributed by atoms with E-state index >= 15 is 0 Å². The van der Waals surface area contributed by atoms with E-state index in [-0.39, 0.29) is 5.91 Å². The Balaban J connectivity index is 2.12. The minimum absolute atomic E-state index is 0.0811. The number of carbonyl (C=O) groups is 1. The molecule has 1 amide bonds. The molecule has 0 saturated carbocycles. The van der Waals surface area contributed by atoms with Crippen LogP contribution in [0.2, 0.25) is 0 Å². The fraction of sp³-hybridized carbons (Fsp3) is 0.462. The SMILES string of the molecule is CCCCCP1Oc2ccccc2N1C(C)=O. The number of nitrogens with zero attached hydrogens (tertiary/aromatic N) is 1. The second kappa shape index (κ2) is 5.50. The van der Waals surface area contributed by atoms with Crippen molar-refractivity contribution < 1.29 is 9.32 Å². The van der Waals surface area contributed by atoms with Gasteiger partial charge in [0.2, 0.25) is 5.91 Å². The van der Waals surface area contributed by atoms with Crippen molar-refractivity contribution in [2.24, 2.45) is 0 Å². The van der Waals surface area contributed by atoms with E-state index in [1.54, 1.807) is 6.92 Å². The predicted molar refractivity (Wildman–Crippen MR) is 71.5 cm³/mol. The molecule has 2 rings (SSSR count). The summed E-state index contributed by atoms with van der Waals surface area (Å²) in [5.74, 6) is 0.933. The lowest BCUT2D eigenvalue weighted by Gasteiger charge is -2.20. The molecule has 1 heterocycles. The van der Waals surface area contributed by atoms with Gasteiger partial charge in [0.1, 0.15) is 5.75 Å². The molecule has 0 spiro atoms. The molecule has 1 aromatic carbocycles. The standard InChI is InChI=1S/C13H18NO2P/c1-3-4-7-10-17-14(11(2)15)12-8-5-6-9-13(12)16-17/h5-6,8-9H,3-4,7,10H2,1-2H3. The van der Waals surface area contributed by atoms with E-state index in [9.17, 15) is 4.79 Å². The van der Waals surface area contributed by atoms with Crippen LogP contribution in [-0.4, -0.2) is 12.1 Å². The normalized spacial score (nSPS) is 17.8. The van der Waals surface area contributed by atoms with Crippen LogP contribution in [0.15, 0.2) is 24.3 Å². The van der Waals surface area contributed by atoms with Gasteiger partial charge in [-0.15, -0.1) is 0 Å². The highest BCUT2D eigenvalue weighted by Gasteiger charge is 2.33. The fourth-order valence-electron chi connectivity index (χ4n) is 1.95. The van der Waals surface area contributed by atoms with Gasteiger partial charge in [0.15, 0.2) is 8.30 Å². The highest BCUT2D eigenvalue weighted by Crippen LogP contribution is 2.56. The minimum Gasteiger partial charge on any atom is -0.450 e. The van der Waals surface area contributed by atoms with E-state index in [4.69, 9.17) is 4.52 Å². The van der Waals surface area contributed by atoms with Crippen LogP contribution in [-0.2, 0) is 4.79 Å². The minimum atomic E-state index is -0.803. The van der Waals surface area contributed by atoms with Crippen molar-refractivity contribution in [3.05, 3.63) is 24.3 Å². The maximum absolute atomic E-state index is 11.7. The molecule has 0 aromatic heterocycles. The Morgan fingerprint density at radius 1 is 1.35 bits per heavy atom. The first-order valence-electron chi connectivity index (χ1n) is 6.09. The van der Waals surface area contributed by atoms with Crippen LogP contribution < -0.4 is 9.19 Å². The van der Waals surface area contributed by atoms with Crippen molar-refractivity contribution in [3.8, 4) is 5.75 Å². The summed E-state index contributed by atoms with van der Waals surface area (Å²) in [5.41, 5.74) is 0.933. The molecule has 1 atom stereocenters. The van der Waals surface area contributed by atoms with Crippen LogP contribution in [0.1, 0.15) is 33.1 Å². The topological polar surface area (TPSA) is 29.5 Å². The van der Waals surface area contributed by atoms with Gasteiger partial charge in [-0.3, -0.25) is 9.46 Å². The van der Waals surface area contributed by atoms with Gasteiger partial charge in [-0.2, -0.15) is 0 Å². The highest BCUT2D eigenvalue weighted by atomic mass is 31.2. The number of amides is 1. The molecule has 0 aliphatic carbocycles. The van der Waals surface area contributed by atoms with Crippen molar-refractivity contribution in [2.75, 3.05) is 10.8 Å². The molecule has 0 N–H and O–H groups in total. The Morgan fingerprint density at radius 3 is 2.82 bits per heavy atom. The molecule has 1 unspecified atom stereocenters. The van der Waals surface area contributed by atoms with Gasteiger partial charge in [0.05, 0.1) is 5.69 Å². The molecule has 92 valence electrons. The number of para-hydroxylation sites is 2. The monoisotopic (exact) mass is 251 g/mol. The number of fused-ring (bicyclic) bond motifs is 1. The first-order valence-corrected chi connectivity index (χ1v) is 7.49. The van der Waals surface area contributed by atoms with Gasteiger partial charge >= 0.3 is 0 Å². The summed E-state index contributed by atoms with van der Waals surface area (Å²) >= 11 is 0. The molecular weight excluding hydrogens is 233 g/mol. The van der Waals surface area contributed by atoms with Crippen molar-refractivity contribution in [1.29, 1.82) is 0 Å². The molecule has 0 fully saturated rings. The molecule has 17 heavy (non-hydrogen) atoms. The molecule has 3 nitrogen and oxygen atoms in total. The zero-order chi connectivity index (χ0) is 12.3. The van der Waals surface area contributed by atoms with Crippen LogP contribution in [0.25, 0.3) is 0 Å². The van der Waals surface area contributed by atoms with E-state index in [0.29, 0.717) is 0 Å². The second-order valence-electron chi connectivity index (χ2n) is 4.17. The molecule has 0 radical (unpaired) electrons. The van der Waals surface area contributed by atoms with Crippen LogP contribution in [0, 0.1) is 0 Å². The van der Waals surface area contributed by atoms with E-state index in [0.717, 1.165) is 24.0 Å². The molecule has 1 aliphatic rings. The van der Waals surface area contributed by atoms with Crippen molar-refractivity contribution in [1.82, 2.24) is 0 Å². The lowest BCUT2D eigenvalue weighted by Crippen LogP contribution is -2.21. The average molecular weight is 251 g/mol. The second-order valence-corrected chi connectivity index (χ2v) is 5.91. The van der Waals surface area contributed by atoms with Gasteiger partial charge in [0, 0.05) is 13.1 Å². The van der Waals surface area contributed by atoms with Gasteiger partial charge in [-0.05, 0) is 18.6 Å². The smallest absolute Gasteiger partial charge is 0.229 e. The van der Waals surface area contributed by atoms with Gasteiger partial charge in [-0.25, -0.2) is 0 Å². The van der Waals surface area contributed by atoms with Crippen LogP contribution in [0.4, 0.5) is 5.69 Å².